The lowest BCUT2D eigenvalue weighted by Gasteiger charge is -1.86. The van der Waals surface area contributed by atoms with E-state index in [0.717, 1.165) is 12.8 Å². The lowest BCUT2D eigenvalue weighted by molar-refractivity contribution is 0.503. The molecule has 0 saturated carbocycles. The Kier molecular flexibility index (Phi) is 38.3. The third kappa shape index (κ3) is 49.0. The van der Waals surface area contributed by atoms with Crippen molar-refractivity contribution in [1.29, 1.82) is 5.26 Å². The minimum absolute atomic E-state index is 0. The molecule has 0 aromatic carbocycles. The normalized spacial score (nSPS) is 6.10. The highest BCUT2D eigenvalue weighted by atomic mass is 32.1. The molecule has 0 atom stereocenters. The summed E-state index contributed by atoms with van der Waals surface area (Å²) in [5, 5.41) is 13.8. The van der Waals surface area contributed by atoms with Gasteiger partial charge in [0.1, 0.15) is 0 Å². The zero-order valence-electron chi connectivity index (χ0n) is 6.30. The molecule has 0 aromatic rings. The number of hydrogen-bond acceptors (Lipinski definition) is 3. The summed E-state index contributed by atoms with van der Waals surface area (Å²) in [6.45, 7) is 3.03. The van der Waals surface area contributed by atoms with Gasteiger partial charge in [-0.3, -0.25) is 0 Å². The third-order valence-corrected chi connectivity index (χ3v) is 0.808. The molecule has 0 fully saturated rings. The summed E-state index contributed by atoms with van der Waals surface area (Å²) in [4.78, 5) is 0. The number of aliphatic hydroxyl groups is 1. The van der Waals surface area contributed by atoms with Gasteiger partial charge < -0.3 is 10.8 Å². The molecule has 0 radical (unpaired) electrons. The van der Waals surface area contributed by atoms with Gasteiger partial charge in [0.25, 0.3) is 6.26 Å². The number of hydrogen-bond donors (Lipinski definition) is 2. The summed E-state index contributed by atoms with van der Waals surface area (Å²) in [6.07, 6.45) is 4.50. The van der Waals surface area contributed by atoms with Gasteiger partial charge >= 0.3 is 0 Å². The van der Waals surface area contributed by atoms with E-state index in [1.165, 1.54) is 19.3 Å². The summed E-state index contributed by atoms with van der Waals surface area (Å²) in [7, 11) is 0. The zero-order valence-corrected chi connectivity index (χ0v) is 7.30. The van der Waals surface area contributed by atoms with Gasteiger partial charge in [-0.2, -0.15) is 18.8 Å². The van der Waals surface area contributed by atoms with Crippen LogP contribution in [0.1, 0.15) is 26.2 Å². The number of nitriles is 1. The molecule has 0 aliphatic rings. The van der Waals surface area contributed by atoms with E-state index in [1.54, 1.807) is 0 Å². The molecule has 3 N–H and O–H groups in total. The fraction of sp³-hybridized carbons (Fsp3) is 0.833. The molecule has 0 spiro atoms. The van der Waals surface area contributed by atoms with Gasteiger partial charge in [0.05, 0.1) is 0 Å². The summed E-state index contributed by atoms with van der Waals surface area (Å²) < 4.78 is 0. The molecule has 10 heavy (non-hydrogen) atoms. The van der Waals surface area contributed by atoms with Gasteiger partial charge in [0.2, 0.25) is 0 Å². The van der Waals surface area contributed by atoms with E-state index in [0.29, 0.717) is 0 Å². The van der Waals surface area contributed by atoms with Crippen LogP contribution in [0.25, 0.3) is 0 Å². The van der Waals surface area contributed by atoms with Crippen LogP contribution in [-0.2, 0) is 0 Å². The van der Waals surface area contributed by atoms with Crippen molar-refractivity contribution in [3.63, 3.8) is 0 Å². The maximum absolute atomic E-state index is 6.88. The molecule has 0 aliphatic heterocycles. The fourth-order valence-electron chi connectivity index (χ4n) is 0.394. The van der Waals surface area contributed by atoms with Gasteiger partial charge in [-0.05, 0) is 13.0 Å². The Morgan fingerprint density at radius 2 is 1.90 bits per heavy atom. The molecule has 0 aliphatic carbocycles. The lowest BCUT2D eigenvalue weighted by Crippen LogP contribution is -1.96. The van der Waals surface area contributed by atoms with E-state index in [1.807, 2.05) is 0 Å². The highest BCUT2D eigenvalue weighted by Crippen LogP contribution is 1.88. The zero-order chi connectivity index (χ0) is 7.54. The molecular formula is C6H16N2OS. The minimum atomic E-state index is 0. The van der Waals surface area contributed by atoms with E-state index in [9.17, 15) is 0 Å². The Bertz CT molecular complexity index is 68.6. The Balaban J connectivity index is -0.000000107. The predicted octanol–water partition coefficient (Wildman–Crippen LogP) is 1.09. The number of nitrogens with two attached hydrogens (primary N) is 1. The molecule has 4 heteroatoms. The van der Waals surface area contributed by atoms with Crippen molar-refractivity contribution in [2.75, 3.05) is 6.54 Å². The summed E-state index contributed by atoms with van der Waals surface area (Å²) in [5.41, 5.74) is 5.21. The second kappa shape index (κ2) is 23.5. The van der Waals surface area contributed by atoms with Crippen LogP contribution in [0.15, 0.2) is 0 Å². The topological polar surface area (TPSA) is 70.0 Å². The monoisotopic (exact) mass is 164 g/mol. The van der Waals surface area contributed by atoms with E-state index in [4.69, 9.17) is 16.1 Å². The van der Waals surface area contributed by atoms with E-state index in [-0.39, 0.29) is 13.5 Å². The maximum atomic E-state index is 6.88. The first-order valence-electron chi connectivity index (χ1n) is 3.06. The summed E-state index contributed by atoms with van der Waals surface area (Å²) in [6, 6.07) is 0. The molecule has 0 saturated heterocycles. The molecule has 62 valence electrons. The Morgan fingerprint density at radius 1 is 1.50 bits per heavy atom. The van der Waals surface area contributed by atoms with Gasteiger partial charge in [0.15, 0.2) is 0 Å². The molecular weight excluding hydrogens is 148 g/mol. The Labute approximate surface area is 69.3 Å². The van der Waals surface area contributed by atoms with Crippen molar-refractivity contribution in [2.45, 2.75) is 26.2 Å². The Morgan fingerprint density at radius 3 is 2.00 bits per heavy atom. The first kappa shape index (κ1) is 16.3. The standard InChI is InChI=1S/C5H13N.CHNO.H2S/c1-2-3-4-5-6;2-1-3;/h2-6H2,1H3;3H;1H2. The largest absolute Gasteiger partial charge is 0.443 e. The van der Waals surface area contributed by atoms with Crippen LogP contribution in [0.3, 0.4) is 0 Å². The van der Waals surface area contributed by atoms with Crippen molar-refractivity contribution in [1.82, 2.24) is 0 Å². The molecule has 0 rings (SSSR count). The maximum Gasteiger partial charge on any atom is 0.283 e. The minimum Gasteiger partial charge on any atom is -0.443 e. The third-order valence-electron chi connectivity index (χ3n) is 0.808. The second-order valence-electron chi connectivity index (χ2n) is 1.60. The summed E-state index contributed by atoms with van der Waals surface area (Å²) in [5.74, 6) is 0. The van der Waals surface area contributed by atoms with E-state index >= 15 is 0 Å². The van der Waals surface area contributed by atoms with Crippen molar-refractivity contribution in [3.8, 4) is 6.26 Å². The fourth-order valence-corrected chi connectivity index (χ4v) is 0.394. The van der Waals surface area contributed by atoms with Gasteiger partial charge in [0, 0.05) is 0 Å². The van der Waals surface area contributed by atoms with E-state index in [2.05, 4.69) is 6.92 Å². The van der Waals surface area contributed by atoms with Crippen molar-refractivity contribution >= 4 is 13.5 Å². The quantitative estimate of drug-likeness (QED) is 0.484. The van der Waals surface area contributed by atoms with Crippen LogP contribution in [-0.4, -0.2) is 11.7 Å². The van der Waals surface area contributed by atoms with Crippen LogP contribution >= 0.6 is 13.5 Å². The first-order chi connectivity index (χ1) is 4.33. The first-order valence-corrected chi connectivity index (χ1v) is 3.06. The number of aliphatic hydroxyl groups excluding tert-OH is 1. The summed E-state index contributed by atoms with van der Waals surface area (Å²) >= 11 is 0. The molecule has 0 amide bonds. The van der Waals surface area contributed by atoms with Crippen LogP contribution in [0, 0.1) is 11.5 Å². The number of rotatable bonds is 3. The number of unbranched alkanes of at least 4 members (excludes halogenated alkanes) is 2. The SMILES string of the molecule is CCCCCN.N#CO.S. The van der Waals surface area contributed by atoms with Crippen LogP contribution in [0.2, 0.25) is 0 Å². The van der Waals surface area contributed by atoms with Gasteiger partial charge in [-0.15, -0.1) is 0 Å². The smallest absolute Gasteiger partial charge is 0.283 e. The molecule has 0 unspecified atom stereocenters. The van der Waals surface area contributed by atoms with Gasteiger partial charge in [-0.1, -0.05) is 19.8 Å². The predicted molar refractivity (Wildman–Crippen MR) is 46.5 cm³/mol. The van der Waals surface area contributed by atoms with Gasteiger partial charge in [-0.25, -0.2) is 0 Å². The van der Waals surface area contributed by atoms with Crippen LogP contribution < -0.4 is 5.73 Å². The van der Waals surface area contributed by atoms with Crippen molar-refractivity contribution in [2.24, 2.45) is 5.73 Å². The Hall–Kier alpha value is -0.400. The highest BCUT2D eigenvalue weighted by Gasteiger charge is 1.75. The lowest BCUT2D eigenvalue weighted by atomic mass is 10.3. The second-order valence-corrected chi connectivity index (χ2v) is 1.60. The average Bonchev–Trinajstić information content (AvgIpc) is 1.86. The van der Waals surface area contributed by atoms with Crippen LogP contribution in [0.4, 0.5) is 0 Å². The van der Waals surface area contributed by atoms with E-state index < -0.39 is 0 Å². The molecule has 0 heterocycles. The van der Waals surface area contributed by atoms with Crippen LogP contribution in [0.5, 0.6) is 0 Å². The molecule has 3 nitrogen and oxygen atoms in total. The number of nitrogens with zero attached hydrogens (tertiary/aromatic N) is 1. The van der Waals surface area contributed by atoms with Crippen molar-refractivity contribution < 1.29 is 5.11 Å². The van der Waals surface area contributed by atoms with Crippen molar-refractivity contribution in [3.05, 3.63) is 0 Å². The highest BCUT2D eigenvalue weighted by molar-refractivity contribution is 7.59. The molecule has 0 aromatic heterocycles. The average molecular weight is 164 g/mol. The molecule has 0 bridgehead atoms.